The summed E-state index contributed by atoms with van der Waals surface area (Å²) in [5.41, 5.74) is 7.53. The Morgan fingerprint density at radius 1 is 1.33 bits per heavy atom. The third kappa shape index (κ3) is 1.90. The molecular weight excluding hydrogens is 231 g/mol. The summed E-state index contributed by atoms with van der Waals surface area (Å²) in [5, 5.41) is 4.17. The first kappa shape index (κ1) is 11.3. The highest BCUT2D eigenvalue weighted by atomic mass is 19.1. The molecule has 1 aromatic heterocycles. The van der Waals surface area contributed by atoms with Gasteiger partial charge in [0, 0.05) is 23.9 Å². The number of anilines is 1. The Balaban J connectivity index is 2.06. The first-order valence-electron chi connectivity index (χ1n) is 6.09. The van der Waals surface area contributed by atoms with E-state index in [0.717, 1.165) is 29.6 Å². The number of nitrogen functional groups attached to an aromatic ring is 1. The Kier molecular flexibility index (Phi) is 2.83. The number of benzene rings is 1. The number of para-hydroxylation sites is 1. The van der Waals surface area contributed by atoms with E-state index in [9.17, 15) is 4.39 Å². The molecule has 0 amide bonds. The lowest BCUT2D eigenvalue weighted by Gasteiger charge is -2.11. The number of halogens is 1. The van der Waals surface area contributed by atoms with Crippen LogP contribution < -0.4 is 11.1 Å². The zero-order valence-corrected chi connectivity index (χ0v) is 9.94. The predicted octanol–water partition coefficient (Wildman–Crippen LogP) is 1.63. The lowest BCUT2D eigenvalue weighted by Crippen LogP contribution is -2.22. The first-order valence-corrected chi connectivity index (χ1v) is 6.09. The summed E-state index contributed by atoms with van der Waals surface area (Å²) in [6.45, 7) is 0.407. The van der Waals surface area contributed by atoms with Gasteiger partial charge in [-0.15, -0.1) is 0 Å². The fourth-order valence-electron chi connectivity index (χ4n) is 2.58. The highest BCUT2D eigenvalue weighted by Gasteiger charge is 2.27. The van der Waals surface area contributed by atoms with Gasteiger partial charge in [-0.05, 0) is 12.5 Å². The topological polar surface area (TPSA) is 63.8 Å². The highest BCUT2D eigenvalue weighted by molar-refractivity contribution is 5.82. The quantitative estimate of drug-likeness (QED) is 0.845. The number of hydrogen-bond donors (Lipinski definition) is 2. The van der Waals surface area contributed by atoms with E-state index in [0.29, 0.717) is 0 Å². The van der Waals surface area contributed by atoms with Gasteiger partial charge in [-0.3, -0.25) is 0 Å². The van der Waals surface area contributed by atoms with Crippen LogP contribution in [-0.2, 0) is 0 Å². The van der Waals surface area contributed by atoms with Gasteiger partial charge in [-0.25, -0.2) is 14.4 Å². The third-order valence-electron chi connectivity index (χ3n) is 3.44. The van der Waals surface area contributed by atoms with Crippen molar-refractivity contribution in [3.63, 3.8) is 0 Å². The fourth-order valence-corrected chi connectivity index (χ4v) is 2.58. The van der Waals surface area contributed by atoms with Crippen molar-refractivity contribution >= 4 is 16.9 Å². The van der Waals surface area contributed by atoms with Crippen LogP contribution in [0.2, 0.25) is 0 Å². The van der Waals surface area contributed by atoms with Crippen molar-refractivity contribution in [2.45, 2.75) is 18.4 Å². The zero-order chi connectivity index (χ0) is 12.5. The molecule has 0 spiro atoms. The Bertz CT molecular complexity index is 572. The summed E-state index contributed by atoms with van der Waals surface area (Å²) in [7, 11) is 0. The van der Waals surface area contributed by atoms with E-state index in [4.69, 9.17) is 5.73 Å². The molecule has 0 bridgehead atoms. The van der Waals surface area contributed by atoms with Crippen LogP contribution >= 0.6 is 0 Å². The molecule has 0 saturated carbocycles. The molecule has 1 aromatic carbocycles. The van der Waals surface area contributed by atoms with Crippen molar-refractivity contribution in [1.82, 2.24) is 15.3 Å². The van der Waals surface area contributed by atoms with Crippen LogP contribution in [0.4, 0.5) is 10.3 Å². The van der Waals surface area contributed by atoms with E-state index in [1.54, 1.807) is 0 Å². The normalized spacial score (nSPS) is 23.6. The third-order valence-corrected chi connectivity index (χ3v) is 3.44. The maximum atomic E-state index is 12.7. The maximum Gasteiger partial charge on any atom is 0.220 e. The molecule has 2 aromatic rings. The number of nitrogens with one attached hydrogen (secondary N) is 1. The van der Waals surface area contributed by atoms with Gasteiger partial charge in [0.15, 0.2) is 0 Å². The predicted molar refractivity (Wildman–Crippen MR) is 69.1 cm³/mol. The molecule has 0 unspecified atom stereocenters. The van der Waals surface area contributed by atoms with E-state index in [2.05, 4.69) is 15.3 Å². The van der Waals surface area contributed by atoms with E-state index < -0.39 is 0 Å². The summed E-state index contributed by atoms with van der Waals surface area (Å²) in [4.78, 5) is 8.58. The highest BCUT2D eigenvalue weighted by Crippen LogP contribution is 2.30. The monoisotopic (exact) mass is 246 g/mol. The molecule has 0 radical (unpaired) electrons. The standard InChI is InChI=1S/C13H15FN4/c14-6-9-5-8(7-16-9)12-10-3-1-2-4-11(10)17-13(15)18-12/h1-4,8-9,16H,5-7H2,(H2,15,17,18)/t8-,9-/m0/s1. The number of nitrogens with two attached hydrogens (primary N) is 1. The number of aromatic nitrogens is 2. The number of hydrogen-bond acceptors (Lipinski definition) is 4. The van der Waals surface area contributed by atoms with Gasteiger partial charge in [0.05, 0.1) is 11.2 Å². The lowest BCUT2D eigenvalue weighted by molar-refractivity contribution is 0.404. The molecule has 18 heavy (non-hydrogen) atoms. The molecule has 0 aliphatic carbocycles. The van der Waals surface area contributed by atoms with Crippen molar-refractivity contribution in [1.29, 1.82) is 0 Å². The van der Waals surface area contributed by atoms with Crippen LogP contribution in [0.25, 0.3) is 10.9 Å². The van der Waals surface area contributed by atoms with Gasteiger partial charge < -0.3 is 11.1 Å². The number of alkyl halides is 1. The molecule has 1 aliphatic rings. The summed E-state index contributed by atoms with van der Waals surface area (Å²) in [6.07, 6.45) is 0.761. The van der Waals surface area contributed by atoms with E-state index in [1.165, 1.54) is 0 Å². The summed E-state index contributed by atoms with van der Waals surface area (Å²) in [6, 6.07) is 7.74. The summed E-state index contributed by atoms with van der Waals surface area (Å²) < 4.78 is 12.7. The van der Waals surface area contributed by atoms with Crippen LogP contribution in [0, 0.1) is 0 Å². The first-order chi connectivity index (χ1) is 8.78. The minimum absolute atomic E-state index is 0.0649. The van der Waals surface area contributed by atoms with Gasteiger partial charge in [-0.2, -0.15) is 0 Å². The van der Waals surface area contributed by atoms with E-state index >= 15 is 0 Å². The second kappa shape index (κ2) is 4.49. The smallest absolute Gasteiger partial charge is 0.220 e. The van der Waals surface area contributed by atoms with Crippen LogP contribution in [0.3, 0.4) is 0 Å². The maximum absolute atomic E-state index is 12.7. The summed E-state index contributed by atoms with van der Waals surface area (Å²) >= 11 is 0. The second-order valence-corrected chi connectivity index (χ2v) is 4.68. The minimum Gasteiger partial charge on any atom is -0.368 e. The largest absolute Gasteiger partial charge is 0.368 e. The molecule has 1 fully saturated rings. The van der Waals surface area contributed by atoms with E-state index in [-0.39, 0.29) is 24.6 Å². The molecule has 2 atom stereocenters. The van der Waals surface area contributed by atoms with Gasteiger partial charge in [0.2, 0.25) is 5.95 Å². The van der Waals surface area contributed by atoms with Crippen molar-refractivity contribution in [3.8, 4) is 0 Å². The van der Waals surface area contributed by atoms with Gasteiger partial charge in [0.25, 0.3) is 0 Å². The Hall–Kier alpha value is -1.75. The molecule has 4 nitrogen and oxygen atoms in total. The molecule has 1 aliphatic heterocycles. The zero-order valence-electron chi connectivity index (χ0n) is 9.94. The SMILES string of the molecule is Nc1nc([C@@H]2CN[C@H](CF)C2)c2ccccc2n1. The number of nitrogens with zero attached hydrogens (tertiary/aromatic N) is 2. The number of rotatable bonds is 2. The Morgan fingerprint density at radius 2 is 2.17 bits per heavy atom. The molecule has 5 heteroatoms. The van der Waals surface area contributed by atoms with Gasteiger partial charge in [-0.1, -0.05) is 18.2 Å². The average Bonchev–Trinajstić information content (AvgIpc) is 2.86. The van der Waals surface area contributed by atoms with Crippen LogP contribution in [-0.4, -0.2) is 29.2 Å². The number of fused-ring (bicyclic) bond motifs is 1. The van der Waals surface area contributed by atoms with Crippen LogP contribution in [0.1, 0.15) is 18.0 Å². The Morgan fingerprint density at radius 3 is 2.94 bits per heavy atom. The average molecular weight is 246 g/mol. The summed E-state index contributed by atoms with van der Waals surface area (Å²) in [5.74, 6) is 0.494. The van der Waals surface area contributed by atoms with Crippen LogP contribution in [0.5, 0.6) is 0 Å². The van der Waals surface area contributed by atoms with E-state index in [1.807, 2.05) is 24.3 Å². The lowest BCUT2D eigenvalue weighted by atomic mass is 9.98. The van der Waals surface area contributed by atoms with Crippen molar-refractivity contribution in [3.05, 3.63) is 30.0 Å². The molecule has 2 heterocycles. The van der Waals surface area contributed by atoms with Gasteiger partial charge in [0.1, 0.15) is 6.67 Å². The minimum atomic E-state index is -0.338. The van der Waals surface area contributed by atoms with Crippen LogP contribution in [0.15, 0.2) is 24.3 Å². The molecular formula is C13H15FN4. The van der Waals surface area contributed by atoms with Crippen molar-refractivity contribution in [2.75, 3.05) is 19.0 Å². The Labute approximate surface area is 104 Å². The van der Waals surface area contributed by atoms with Crippen molar-refractivity contribution in [2.24, 2.45) is 0 Å². The molecule has 1 saturated heterocycles. The van der Waals surface area contributed by atoms with Crippen molar-refractivity contribution < 1.29 is 4.39 Å². The molecule has 3 rings (SSSR count). The molecule has 94 valence electrons. The molecule has 3 N–H and O–H groups in total. The van der Waals surface area contributed by atoms with Gasteiger partial charge >= 0.3 is 0 Å². The second-order valence-electron chi connectivity index (χ2n) is 4.68. The fraction of sp³-hybridized carbons (Fsp3) is 0.385.